The summed E-state index contributed by atoms with van der Waals surface area (Å²) in [6, 6.07) is 0. The van der Waals surface area contributed by atoms with Gasteiger partial charge in [-0.25, -0.2) is 9.36 Å². The third-order valence-electron chi connectivity index (χ3n) is 0.433. The van der Waals surface area contributed by atoms with Crippen molar-refractivity contribution in [2.24, 2.45) is 0 Å². The molecule has 0 spiro atoms. The SMILES string of the molecule is O=C(OP(=O)(O)O)C(F)(F)F.[KH]. The summed E-state index contributed by atoms with van der Waals surface area (Å²) in [7, 11) is -5.39. The molecular weight excluding hydrogens is 231 g/mol. The summed E-state index contributed by atoms with van der Waals surface area (Å²) in [5.74, 6) is -2.91. The summed E-state index contributed by atoms with van der Waals surface area (Å²) in [5, 5.41) is 0. The number of hydrogen-bond acceptors (Lipinski definition) is 3. The maximum absolute atomic E-state index is 11.2. The number of carbonyl (C=O) groups excluding carboxylic acids is 1. The van der Waals surface area contributed by atoms with Gasteiger partial charge < -0.3 is 4.52 Å². The van der Waals surface area contributed by atoms with Crippen LogP contribution in [0, 0.1) is 0 Å². The van der Waals surface area contributed by atoms with Crippen LogP contribution in [0.1, 0.15) is 0 Å². The minimum atomic E-state index is -5.39. The van der Waals surface area contributed by atoms with E-state index in [1.807, 2.05) is 0 Å². The number of hydrogen-bond donors (Lipinski definition) is 2. The van der Waals surface area contributed by atoms with E-state index >= 15 is 0 Å². The van der Waals surface area contributed by atoms with Gasteiger partial charge in [-0.2, -0.15) is 13.2 Å². The van der Waals surface area contributed by atoms with Crippen LogP contribution < -0.4 is 0 Å². The number of halogens is 3. The van der Waals surface area contributed by atoms with E-state index in [2.05, 4.69) is 4.52 Å². The van der Waals surface area contributed by atoms with Crippen LogP contribution >= 0.6 is 7.82 Å². The molecule has 0 aliphatic carbocycles. The minimum absolute atomic E-state index is 0. The average molecular weight is 234 g/mol. The maximum atomic E-state index is 11.2. The van der Waals surface area contributed by atoms with E-state index in [-0.39, 0.29) is 51.4 Å². The van der Waals surface area contributed by atoms with Gasteiger partial charge in [0.05, 0.1) is 0 Å². The van der Waals surface area contributed by atoms with Crippen molar-refractivity contribution >= 4 is 65.2 Å². The molecule has 0 saturated heterocycles. The summed E-state index contributed by atoms with van der Waals surface area (Å²) < 4.78 is 45.8. The van der Waals surface area contributed by atoms with Crippen LogP contribution in [0.15, 0.2) is 0 Å². The molecule has 2 N–H and O–H groups in total. The van der Waals surface area contributed by atoms with Crippen molar-refractivity contribution < 1.29 is 36.8 Å². The number of carbonyl (C=O) groups is 1. The van der Waals surface area contributed by atoms with Gasteiger partial charge in [-0.3, -0.25) is 9.79 Å². The quantitative estimate of drug-likeness (QED) is 0.473. The van der Waals surface area contributed by atoms with Crippen molar-refractivity contribution in [2.75, 3.05) is 0 Å². The topological polar surface area (TPSA) is 83.8 Å². The molecule has 0 amide bonds. The summed E-state index contributed by atoms with van der Waals surface area (Å²) in [6.07, 6.45) is -5.39. The molecule has 0 fully saturated rings. The average Bonchev–Trinajstić information content (AvgIpc) is 1.56. The second kappa shape index (κ2) is 5.06. The molecular formula is C2H3F3KO5P. The Kier molecular flexibility index (Phi) is 6.54. The molecule has 0 bridgehead atoms. The van der Waals surface area contributed by atoms with Crippen molar-refractivity contribution in [3.05, 3.63) is 0 Å². The molecule has 0 aliphatic heterocycles. The van der Waals surface area contributed by atoms with Crippen molar-refractivity contribution in [1.82, 2.24) is 0 Å². The zero-order valence-electron chi connectivity index (χ0n) is 4.70. The first-order chi connectivity index (χ1) is 4.63. The van der Waals surface area contributed by atoms with E-state index in [1.165, 1.54) is 0 Å². The van der Waals surface area contributed by atoms with Gasteiger partial charge in [0.25, 0.3) is 0 Å². The van der Waals surface area contributed by atoms with Crippen LogP contribution in [0.4, 0.5) is 13.2 Å². The fourth-order valence-corrected chi connectivity index (χ4v) is 0.479. The van der Waals surface area contributed by atoms with Gasteiger partial charge in [-0.1, -0.05) is 0 Å². The molecule has 12 heavy (non-hydrogen) atoms. The van der Waals surface area contributed by atoms with Crippen LogP contribution in [0.3, 0.4) is 0 Å². The fourth-order valence-electron chi connectivity index (χ4n) is 0.160. The monoisotopic (exact) mass is 234 g/mol. The first-order valence-electron chi connectivity index (χ1n) is 1.99. The molecule has 0 atom stereocenters. The van der Waals surface area contributed by atoms with Gasteiger partial charge in [-0.05, 0) is 0 Å². The molecule has 0 unspecified atom stereocenters. The molecule has 0 rings (SSSR count). The molecule has 0 aromatic rings. The summed E-state index contributed by atoms with van der Waals surface area (Å²) in [5.41, 5.74) is 0. The van der Waals surface area contributed by atoms with Crippen LogP contribution in [-0.2, 0) is 13.9 Å². The molecule has 0 aliphatic rings. The zero-order chi connectivity index (χ0) is 9.28. The van der Waals surface area contributed by atoms with Gasteiger partial charge in [0.15, 0.2) is 0 Å². The van der Waals surface area contributed by atoms with Crippen molar-refractivity contribution in [3.63, 3.8) is 0 Å². The predicted molar refractivity (Wildman–Crippen MR) is 31.3 cm³/mol. The Hall–Kier alpha value is 1.05. The van der Waals surface area contributed by atoms with E-state index in [9.17, 15) is 22.5 Å². The molecule has 0 aromatic carbocycles. The Morgan fingerprint density at radius 3 is 1.75 bits per heavy atom. The Balaban J connectivity index is 0. The van der Waals surface area contributed by atoms with E-state index in [1.54, 1.807) is 0 Å². The second-order valence-corrected chi connectivity index (χ2v) is 2.53. The normalized spacial score (nSPS) is 11.8. The number of rotatable bonds is 1. The van der Waals surface area contributed by atoms with Crippen molar-refractivity contribution in [2.45, 2.75) is 6.18 Å². The second-order valence-electron chi connectivity index (χ2n) is 1.37. The van der Waals surface area contributed by atoms with Crippen molar-refractivity contribution in [1.29, 1.82) is 0 Å². The Labute approximate surface area is 107 Å². The zero-order valence-corrected chi connectivity index (χ0v) is 5.59. The number of alkyl halides is 3. The Morgan fingerprint density at radius 1 is 1.33 bits per heavy atom. The summed E-state index contributed by atoms with van der Waals surface area (Å²) in [4.78, 5) is 25.1. The number of phosphoric acid groups is 1. The summed E-state index contributed by atoms with van der Waals surface area (Å²) >= 11 is 0. The number of phosphoric ester groups is 1. The van der Waals surface area contributed by atoms with Gasteiger partial charge in [0, 0.05) is 0 Å². The van der Waals surface area contributed by atoms with E-state index in [4.69, 9.17) is 9.79 Å². The molecule has 0 heterocycles. The first-order valence-corrected chi connectivity index (χ1v) is 3.52. The van der Waals surface area contributed by atoms with Crippen molar-refractivity contribution in [3.8, 4) is 0 Å². The van der Waals surface area contributed by atoms with Crippen LogP contribution in [0.25, 0.3) is 0 Å². The van der Waals surface area contributed by atoms with E-state index < -0.39 is 20.0 Å². The molecule has 5 nitrogen and oxygen atoms in total. The molecule has 0 aromatic heterocycles. The Bertz CT molecular complexity index is 207. The molecule has 0 saturated carbocycles. The Morgan fingerprint density at radius 2 is 1.67 bits per heavy atom. The third-order valence-corrected chi connectivity index (χ3v) is 0.837. The molecule has 68 valence electrons. The van der Waals surface area contributed by atoms with Gasteiger partial charge in [0.2, 0.25) is 0 Å². The van der Waals surface area contributed by atoms with E-state index in [0.717, 1.165) is 0 Å². The molecule has 10 heteroatoms. The standard InChI is InChI=1S/C2H2F3O5P.K.H/c3-2(4,5)1(6)10-11(7,8)9;;/h(H2,7,8,9);;. The molecule has 0 radical (unpaired) electrons. The van der Waals surface area contributed by atoms with Gasteiger partial charge in [0.1, 0.15) is 0 Å². The van der Waals surface area contributed by atoms with Crippen LogP contribution in [0.2, 0.25) is 0 Å². The fraction of sp³-hybridized carbons (Fsp3) is 0.500. The van der Waals surface area contributed by atoms with Gasteiger partial charge in [-0.15, -0.1) is 0 Å². The van der Waals surface area contributed by atoms with Gasteiger partial charge >= 0.3 is 71.4 Å². The first kappa shape index (κ1) is 15.5. The van der Waals surface area contributed by atoms with E-state index in [0.29, 0.717) is 0 Å². The predicted octanol–water partition coefficient (Wildman–Crippen LogP) is -0.464. The van der Waals surface area contributed by atoms with Crippen LogP contribution in [0.5, 0.6) is 0 Å². The summed E-state index contributed by atoms with van der Waals surface area (Å²) in [6.45, 7) is 0. The van der Waals surface area contributed by atoms with Crippen LogP contribution in [-0.4, -0.2) is 73.3 Å². The third kappa shape index (κ3) is 7.68.